The van der Waals surface area contributed by atoms with Crippen LogP contribution < -0.4 is 5.32 Å². The summed E-state index contributed by atoms with van der Waals surface area (Å²) >= 11 is 0. The van der Waals surface area contributed by atoms with Gasteiger partial charge < -0.3 is 10.1 Å². The van der Waals surface area contributed by atoms with Gasteiger partial charge in [-0.3, -0.25) is 0 Å². The SMILES string of the molecule is CCC1CNCC(c2ccc(F)cc2)O1. The van der Waals surface area contributed by atoms with E-state index in [4.69, 9.17) is 4.74 Å². The highest BCUT2D eigenvalue weighted by atomic mass is 19.1. The number of benzene rings is 1. The van der Waals surface area contributed by atoms with Crippen molar-refractivity contribution in [3.63, 3.8) is 0 Å². The second-order valence-corrected chi connectivity index (χ2v) is 3.86. The van der Waals surface area contributed by atoms with E-state index in [9.17, 15) is 4.39 Å². The first kappa shape index (κ1) is 10.6. The number of nitrogens with one attached hydrogen (secondary N) is 1. The van der Waals surface area contributed by atoms with Crippen LogP contribution in [0.15, 0.2) is 24.3 Å². The van der Waals surface area contributed by atoms with E-state index in [1.54, 1.807) is 12.1 Å². The van der Waals surface area contributed by atoms with Gasteiger partial charge in [0.15, 0.2) is 0 Å². The zero-order chi connectivity index (χ0) is 10.7. The van der Waals surface area contributed by atoms with Crippen molar-refractivity contribution in [1.82, 2.24) is 5.32 Å². The van der Waals surface area contributed by atoms with Crippen molar-refractivity contribution in [2.45, 2.75) is 25.6 Å². The van der Waals surface area contributed by atoms with Gasteiger partial charge in [-0.25, -0.2) is 4.39 Å². The Balaban J connectivity index is 2.06. The van der Waals surface area contributed by atoms with Crippen molar-refractivity contribution in [3.8, 4) is 0 Å². The molecule has 1 aromatic rings. The molecule has 1 fully saturated rings. The van der Waals surface area contributed by atoms with Crippen LogP contribution in [0.25, 0.3) is 0 Å². The Hall–Kier alpha value is -0.930. The Morgan fingerprint density at radius 1 is 1.33 bits per heavy atom. The molecular formula is C12H16FNO. The van der Waals surface area contributed by atoms with E-state index in [-0.39, 0.29) is 18.0 Å². The van der Waals surface area contributed by atoms with Crippen LogP contribution in [0, 0.1) is 5.82 Å². The van der Waals surface area contributed by atoms with E-state index in [1.807, 2.05) is 0 Å². The molecule has 0 radical (unpaired) electrons. The van der Waals surface area contributed by atoms with Crippen molar-refractivity contribution in [1.29, 1.82) is 0 Å². The summed E-state index contributed by atoms with van der Waals surface area (Å²) < 4.78 is 18.6. The zero-order valence-corrected chi connectivity index (χ0v) is 8.87. The lowest BCUT2D eigenvalue weighted by atomic mass is 10.1. The molecule has 1 saturated heterocycles. The van der Waals surface area contributed by atoms with Crippen molar-refractivity contribution in [3.05, 3.63) is 35.6 Å². The molecule has 2 atom stereocenters. The van der Waals surface area contributed by atoms with Gasteiger partial charge in [-0.05, 0) is 24.1 Å². The Bertz CT molecular complexity index is 312. The number of rotatable bonds is 2. The molecule has 0 spiro atoms. The molecule has 0 aromatic heterocycles. The molecule has 0 amide bonds. The molecular weight excluding hydrogens is 193 g/mol. The largest absolute Gasteiger partial charge is 0.368 e. The quantitative estimate of drug-likeness (QED) is 0.806. The van der Waals surface area contributed by atoms with Crippen LogP contribution in [0.5, 0.6) is 0 Å². The van der Waals surface area contributed by atoms with Crippen molar-refractivity contribution >= 4 is 0 Å². The van der Waals surface area contributed by atoms with Crippen LogP contribution in [-0.4, -0.2) is 19.2 Å². The predicted octanol–water partition coefficient (Wildman–Crippen LogP) is 2.27. The van der Waals surface area contributed by atoms with Crippen molar-refractivity contribution in [2.75, 3.05) is 13.1 Å². The number of hydrogen-bond donors (Lipinski definition) is 1. The summed E-state index contributed by atoms with van der Waals surface area (Å²) in [4.78, 5) is 0. The van der Waals surface area contributed by atoms with Crippen molar-refractivity contribution < 1.29 is 9.13 Å². The molecule has 2 nitrogen and oxygen atoms in total. The fourth-order valence-electron chi connectivity index (χ4n) is 1.82. The Labute approximate surface area is 89.4 Å². The third-order valence-corrected chi connectivity index (χ3v) is 2.76. The summed E-state index contributed by atoms with van der Waals surface area (Å²) in [6, 6.07) is 6.54. The highest BCUT2D eigenvalue weighted by molar-refractivity contribution is 5.19. The van der Waals surface area contributed by atoms with Gasteiger partial charge in [0.25, 0.3) is 0 Å². The smallest absolute Gasteiger partial charge is 0.123 e. The standard InChI is InChI=1S/C12H16FNO/c1-2-11-7-14-8-12(15-11)9-3-5-10(13)6-4-9/h3-6,11-12,14H,2,7-8H2,1H3. The van der Waals surface area contributed by atoms with Gasteiger partial charge in [-0.15, -0.1) is 0 Å². The van der Waals surface area contributed by atoms with Crippen LogP contribution in [0.1, 0.15) is 25.0 Å². The molecule has 0 saturated carbocycles. The summed E-state index contributed by atoms with van der Waals surface area (Å²) in [5.74, 6) is -0.199. The maximum absolute atomic E-state index is 12.7. The second-order valence-electron chi connectivity index (χ2n) is 3.86. The molecule has 1 heterocycles. The van der Waals surface area contributed by atoms with E-state index in [0.29, 0.717) is 0 Å². The summed E-state index contributed by atoms with van der Waals surface area (Å²) in [7, 11) is 0. The molecule has 15 heavy (non-hydrogen) atoms. The minimum atomic E-state index is -0.199. The van der Waals surface area contributed by atoms with E-state index in [2.05, 4.69) is 12.2 Å². The third kappa shape index (κ3) is 2.55. The second kappa shape index (κ2) is 4.73. The van der Waals surface area contributed by atoms with Gasteiger partial charge in [-0.1, -0.05) is 19.1 Å². The minimum absolute atomic E-state index is 0.0595. The fraction of sp³-hybridized carbons (Fsp3) is 0.500. The Morgan fingerprint density at radius 2 is 2.07 bits per heavy atom. The lowest BCUT2D eigenvalue weighted by Crippen LogP contribution is -2.40. The Kier molecular flexibility index (Phi) is 3.34. The van der Waals surface area contributed by atoms with E-state index >= 15 is 0 Å². The molecule has 82 valence electrons. The lowest BCUT2D eigenvalue weighted by molar-refractivity contribution is -0.0400. The van der Waals surface area contributed by atoms with Gasteiger partial charge >= 0.3 is 0 Å². The van der Waals surface area contributed by atoms with Crippen LogP contribution in [-0.2, 0) is 4.74 Å². The lowest BCUT2D eigenvalue weighted by Gasteiger charge is -2.30. The van der Waals surface area contributed by atoms with Crippen molar-refractivity contribution in [2.24, 2.45) is 0 Å². The number of hydrogen-bond acceptors (Lipinski definition) is 2. The Morgan fingerprint density at radius 3 is 2.73 bits per heavy atom. The maximum atomic E-state index is 12.7. The average molecular weight is 209 g/mol. The summed E-state index contributed by atoms with van der Waals surface area (Å²) in [6.07, 6.45) is 1.34. The van der Waals surface area contributed by atoms with Crippen LogP contribution in [0.2, 0.25) is 0 Å². The number of morpholine rings is 1. The first-order chi connectivity index (χ1) is 7.29. The number of ether oxygens (including phenoxy) is 1. The van der Waals surface area contributed by atoms with Crippen LogP contribution >= 0.6 is 0 Å². The average Bonchev–Trinajstić information content (AvgIpc) is 2.30. The molecule has 0 aliphatic carbocycles. The number of halogens is 1. The van der Waals surface area contributed by atoms with Crippen LogP contribution in [0.4, 0.5) is 4.39 Å². The van der Waals surface area contributed by atoms with E-state index < -0.39 is 0 Å². The normalized spacial score (nSPS) is 26.5. The van der Waals surface area contributed by atoms with E-state index in [0.717, 1.165) is 25.1 Å². The van der Waals surface area contributed by atoms with Gasteiger partial charge in [0.05, 0.1) is 12.2 Å². The summed E-state index contributed by atoms with van der Waals surface area (Å²) in [5, 5.41) is 3.33. The molecule has 1 aliphatic heterocycles. The summed E-state index contributed by atoms with van der Waals surface area (Å²) in [6.45, 7) is 3.83. The highest BCUT2D eigenvalue weighted by Gasteiger charge is 2.21. The maximum Gasteiger partial charge on any atom is 0.123 e. The molecule has 2 unspecified atom stereocenters. The van der Waals surface area contributed by atoms with Gasteiger partial charge in [0.2, 0.25) is 0 Å². The fourth-order valence-corrected chi connectivity index (χ4v) is 1.82. The van der Waals surface area contributed by atoms with E-state index in [1.165, 1.54) is 12.1 Å². The third-order valence-electron chi connectivity index (χ3n) is 2.76. The predicted molar refractivity (Wildman–Crippen MR) is 57.2 cm³/mol. The molecule has 1 N–H and O–H groups in total. The van der Waals surface area contributed by atoms with Gasteiger partial charge in [0, 0.05) is 13.1 Å². The van der Waals surface area contributed by atoms with Crippen LogP contribution in [0.3, 0.4) is 0 Å². The molecule has 1 aromatic carbocycles. The first-order valence-electron chi connectivity index (χ1n) is 5.41. The molecule has 0 bridgehead atoms. The van der Waals surface area contributed by atoms with Gasteiger partial charge in [0.1, 0.15) is 5.82 Å². The zero-order valence-electron chi connectivity index (χ0n) is 8.87. The highest BCUT2D eigenvalue weighted by Crippen LogP contribution is 2.22. The first-order valence-corrected chi connectivity index (χ1v) is 5.41. The monoisotopic (exact) mass is 209 g/mol. The molecule has 2 rings (SSSR count). The topological polar surface area (TPSA) is 21.3 Å². The van der Waals surface area contributed by atoms with Gasteiger partial charge in [-0.2, -0.15) is 0 Å². The molecule has 3 heteroatoms. The molecule has 1 aliphatic rings. The minimum Gasteiger partial charge on any atom is -0.368 e. The summed E-state index contributed by atoms with van der Waals surface area (Å²) in [5.41, 5.74) is 1.04.